The fourth-order valence-electron chi connectivity index (χ4n) is 1.59. The lowest BCUT2D eigenvalue weighted by molar-refractivity contribution is 0.170. The second-order valence-electron chi connectivity index (χ2n) is 4.01. The van der Waals surface area contributed by atoms with Crippen LogP contribution in [0.4, 0.5) is 4.79 Å². The first-order chi connectivity index (χ1) is 9.25. The molecule has 4 nitrogen and oxygen atoms in total. The molecular weight excluding hydrogens is 280 g/mol. The van der Waals surface area contributed by atoms with Gasteiger partial charge in [-0.15, -0.1) is 22.7 Å². The number of hydrogen-bond acceptors (Lipinski definition) is 4. The Hall–Kier alpha value is -1.37. The van der Waals surface area contributed by atoms with E-state index in [1.165, 1.54) is 11.3 Å². The highest BCUT2D eigenvalue weighted by Gasteiger charge is 2.08. The molecule has 0 aliphatic heterocycles. The van der Waals surface area contributed by atoms with Crippen LogP contribution in [0.3, 0.4) is 0 Å². The molecule has 19 heavy (non-hydrogen) atoms. The maximum Gasteiger partial charge on any atom is 0.315 e. The van der Waals surface area contributed by atoms with Gasteiger partial charge in [0.05, 0.1) is 12.6 Å². The maximum absolute atomic E-state index is 11.5. The number of nitrogens with one attached hydrogen (secondary N) is 2. The van der Waals surface area contributed by atoms with Crippen LogP contribution < -0.4 is 10.6 Å². The maximum atomic E-state index is 11.5. The summed E-state index contributed by atoms with van der Waals surface area (Å²) in [6.07, 6.45) is 0.0185. The summed E-state index contributed by atoms with van der Waals surface area (Å²) in [4.78, 5) is 13.6. The van der Waals surface area contributed by atoms with Gasteiger partial charge in [0.15, 0.2) is 0 Å². The molecule has 0 aliphatic rings. The van der Waals surface area contributed by atoms with Crippen molar-refractivity contribution in [1.29, 1.82) is 0 Å². The van der Waals surface area contributed by atoms with Crippen LogP contribution in [0.5, 0.6) is 0 Å². The molecule has 3 N–H and O–H groups in total. The van der Waals surface area contributed by atoms with Crippen LogP contribution >= 0.6 is 22.7 Å². The van der Waals surface area contributed by atoms with Crippen molar-refractivity contribution in [2.75, 3.05) is 6.54 Å². The zero-order valence-electron chi connectivity index (χ0n) is 10.3. The minimum Gasteiger partial charge on any atom is -0.388 e. The molecule has 0 spiro atoms. The van der Waals surface area contributed by atoms with E-state index in [9.17, 15) is 9.90 Å². The lowest BCUT2D eigenvalue weighted by Crippen LogP contribution is -2.35. The van der Waals surface area contributed by atoms with E-state index in [0.29, 0.717) is 19.5 Å². The standard InChI is InChI=1S/C13H16N2O2S2/c16-11(12-4-2-8-19-12)5-6-14-13(17)15-9-10-3-1-7-18-10/h1-4,7-8,11,16H,5-6,9H2,(H2,14,15,17)/t11-/m1/s1. The summed E-state index contributed by atoms with van der Waals surface area (Å²) in [5, 5.41) is 19.3. The Morgan fingerprint density at radius 2 is 2.00 bits per heavy atom. The Balaban J connectivity index is 1.61. The first-order valence-electron chi connectivity index (χ1n) is 6.01. The van der Waals surface area contributed by atoms with Gasteiger partial charge >= 0.3 is 6.03 Å². The number of aliphatic hydroxyl groups is 1. The molecule has 1 atom stereocenters. The van der Waals surface area contributed by atoms with Crippen LogP contribution in [0.15, 0.2) is 35.0 Å². The molecule has 0 saturated heterocycles. The van der Waals surface area contributed by atoms with Crippen LogP contribution in [0.2, 0.25) is 0 Å². The van der Waals surface area contributed by atoms with Crippen molar-refractivity contribution >= 4 is 28.7 Å². The third kappa shape index (κ3) is 4.66. The Morgan fingerprint density at radius 1 is 1.21 bits per heavy atom. The van der Waals surface area contributed by atoms with Gasteiger partial charge in [-0.3, -0.25) is 0 Å². The molecule has 2 rings (SSSR count). The van der Waals surface area contributed by atoms with Gasteiger partial charge in [-0.25, -0.2) is 4.79 Å². The molecule has 2 amide bonds. The van der Waals surface area contributed by atoms with Crippen molar-refractivity contribution in [2.24, 2.45) is 0 Å². The zero-order valence-corrected chi connectivity index (χ0v) is 12.0. The van der Waals surface area contributed by atoms with E-state index in [2.05, 4.69) is 10.6 Å². The third-order valence-electron chi connectivity index (χ3n) is 2.58. The molecule has 0 radical (unpaired) electrons. The smallest absolute Gasteiger partial charge is 0.315 e. The van der Waals surface area contributed by atoms with E-state index in [1.54, 1.807) is 11.3 Å². The molecule has 2 aromatic rings. The number of carbonyl (C=O) groups excluding carboxylic acids is 1. The van der Waals surface area contributed by atoms with E-state index in [4.69, 9.17) is 0 Å². The highest BCUT2D eigenvalue weighted by Crippen LogP contribution is 2.20. The lowest BCUT2D eigenvalue weighted by atomic mass is 10.2. The third-order valence-corrected chi connectivity index (χ3v) is 4.43. The number of hydrogen-bond donors (Lipinski definition) is 3. The molecule has 6 heteroatoms. The molecule has 2 heterocycles. The summed E-state index contributed by atoms with van der Waals surface area (Å²) in [5.74, 6) is 0. The van der Waals surface area contributed by atoms with Gasteiger partial charge in [-0.05, 0) is 29.3 Å². The van der Waals surface area contributed by atoms with Crippen molar-refractivity contribution in [3.63, 3.8) is 0 Å². The summed E-state index contributed by atoms with van der Waals surface area (Å²) >= 11 is 3.13. The lowest BCUT2D eigenvalue weighted by Gasteiger charge is -2.10. The predicted octanol–water partition coefficient (Wildman–Crippen LogP) is 2.73. The molecule has 0 saturated carbocycles. The number of rotatable bonds is 6. The van der Waals surface area contributed by atoms with E-state index in [1.807, 2.05) is 35.0 Å². The summed E-state index contributed by atoms with van der Waals surface area (Å²) in [6.45, 7) is 0.992. The van der Waals surface area contributed by atoms with Gasteiger partial charge in [-0.1, -0.05) is 12.1 Å². The minimum atomic E-state index is -0.502. The molecule has 0 aromatic carbocycles. The second-order valence-corrected chi connectivity index (χ2v) is 6.02. The largest absolute Gasteiger partial charge is 0.388 e. The SMILES string of the molecule is O=C(NCC[C@@H](O)c1cccs1)NCc1cccs1. The Morgan fingerprint density at radius 3 is 2.68 bits per heavy atom. The molecule has 2 aromatic heterocycles. The van der Waals surface area contributed by atoms with Gasteiger partial charge in [0, 0.05) is 16.3 Å². The van der Waals surface area contributed by atoms with Crippen LogP contribution in [0.1, 0.15) is 22.3 Å². The van der Waals surface area contributed by atoms with Crippen molar-refractivity contribution < 1.29 is 9.90 Å². The quantitative estimate of drug-likeness (QED) is 0.767. The predicted molar refractivity (Wildman–Crippen MR) is 78.5 cm³/mol. The summed E-state index contributed by atoms with van der Waals surface area (Å²) in [7, 11) is 0. The van der Waals surface area contributed by atoms with Gasteiger partial charge in [0.1, 0.15) is 0 Å². The van der Waals surface area contributed by atoms with E-state index >= 15 is 0 Å². The average Bonchev–Trinajstić information content (AvgIpc) is 3.09. The fourth-order valence-corrected chi connectivity index (χ4v) is 2.98. The van der Waals surface area contributed by atoms with Crippen LogP contribution in [-0.4, -0.2) is 17.7 Å². The first-order valence-corrected chi connectivity index (χ1v) is 7.77. The van der Waals surface area contributed by atoms with Crippen LogP contribution in [0.25, 0.3) is 0 Å². The number of thiophene rings is 2. The molecule has 0 bridgehead atoms. The Kier molecular flexibility index (Phi) is 5.38. The molecule has 0 aliphatic carbocycles. The molecular formula is C13H16N2O2S2. The van der Waals surface area contributed by atoms with Crippen LogP contribution in [-0.2, 0) is 6.54 Å². The van der Waals surface area contributed by atoms with Crippen molar-refractivity contribution in [3.8, 4) is 0 Å². The molecule has 0 fully saturated rings. The topological polar surface area (TPSA) is 61.4 Å². The summed E-state index contributed by atoms with van der Waals surface area (Å²) in [6, 6.07) is 7.53. The molecule has 102 valence electrons. The minimum absolute atomic E-state index is 0.202. The number of aliphatic hydroxyl groups excluding tert-OH is 1. The number of carbonyl (C=O) groups is 1. The summed E-state index contributed by atoms with van der Waals surface area (Å²) in [5.41, 5.74) is 0. The Labute approximate surface area is 120 Å². The van der Waals surface area contributed by atoms with Gasteiger partial charge in [0.25, 0.3) is 0 Å². The number of amides is 2. The van der Waals surface area contributed by atoms with Gasteiger partial charge in [0.2, 0.25) is 0 Å². The van der Waals surface area contributed by atoms with Crippen molar-refractivity contribution in [1.82, 2.24) is 10.6 Å². The van der Waals surface area contributed by atoms with Crippen molar-refractivity contribution in [3.05, 3.63) is 44.8 Å². The first kappa shape index (κ1) is 14.0. The second kappa shape index (κ2) is 7.28. The van der Waals surface area contributed by atoms with Crippen LogP contribution in [0, 0.1) is 0 Å². The fraction of sp³-hybridized carbons (Fsp3) is 0.308. The average molecular weight is 296 g/mol. The van der Waals surface area contributed by atoms with E-state index < -0.39 is 6.10 Å². The Bertz CT molecular complexity index is 483. The summed E-state index contributed by atoms with van der Waals surface area (Å²) < 4.78 is 0. The van der Waals surface area contributed by atoms with Crippen molar-refractivity contribution in [2.45, 2.75) is 19.1 Å². The normalized spacial score (nSPS) is 12.1. The highest BCUT2D eigenvalue weighted by atomic mass is 32.1. The van der Waals surface area contributed by atoms with E-state index in [-0.39, 0.29) is 6.03 Å². The molecule has 0 unspecified atom stereocenters. The monoisotopic (exact) mass is 296 g/mol. The van der Waals surface area contributed by atoms with Gasteiger partial charge in [-0.2, -0.15) is 0 Å². The zero-order chi connectivity index (χ0) is 13.5. The van der Waals surface area contributed by atoms with Gasteiger partial charge < -0.3 is 15.7 Å². The number of urea groups is 1. The highest BCUT2D eigenvalue weighted by molar-refractivity contribution is 7.10. The van der Waals surface area contributed by atoms with E-state index in [0.717, 1.165) is 9.75 Å².